The van der Waals surface area contributed by atoms with Crippen LogP contribution < -0.4 is 0 Å². The fourth-order valence-electron chi connectivity index (χ4n) is 2.75. The maximum absolute atomic E-state index is 10.4. The van der Waals surface area contributed by atoms with Crippen molar-refractivity contribution < 1.29 is 9.84 Å². The smallest absolute Gasteiger partial charge is 0.0836 e. The Morgan fingerprint density at radius 2 is 1.82 bits per heavy atom. The summed E-state index contributed by atoms with van der Waals surface area (Å²) in [5, 5.41) is 19.8. The highest BCUT2D eigenvalue weighted by Crippen LogP contribution is 2.47. The number of rotatable bonds is 4. The third-order valence-corrected chi connectivity index (χ3v) is 4.25. The van der Waals surface area contributed by atoms with Gasteiger partial charge in [0.05, 0.1) is 24.2 Å². The number of aliphatic hydroxyl groups is 1. The van der Waals surface area contributed by atoms with Gasteiger partial charge in [0.15, 0.2) is 0 Å². The van der Waals surface area contributed by atoms with Gasteiger partial charge in [0.1, 0.15) is 0 Å². The molecule has 1 fully saturated rings. The van der Waals surface area contributed by atoms with Gasteiger partial charge < -0.3 is 9.84 Å². The van der Waals surface area contributed by atoms with Crippen LogP contribution in [0.15, 0.2) is 0 Å². The second kappa shape index (κ2) is 5.37. The Morgan fingerprint density at radius 3 is 2.24 bits per heavy atom. The largest absolute Gasteiger partial charge is 0.391 e. The zero-order chi connectivity index (χ0) is 13.1. The summed E-state index contributed by atoms with van der Waals surface area (Å²) in [4.78, 5) is 0. The van der Waals surface area contributed by atoms with Gasteiger partial charge in [-0.25, -0.2) is 0 Å². The van der Waals surface area contributed by atoms with Crippen molar-refractivity contribution in [2.45, 2.75) is 52.6 Å². The van der Waals surface area contributed by atoms with E-state index in [0.717, 1.165) is 25.7 Å². The van der Waals surface area contributed by atoms with Crippen LogP contribution in [0.5, 0.6) is 0 Å². The van der Waals surface area contributed by atoms with E-state index in [1.165, 1.54) is 0 Å². The lowest BCUT2D eigenvalue weighted by Gasteiger charge is -2.43. The Bertz CT molecular complexity index is 283. The van der Waals surface area contributed by atoms with Crippen molar-refractivity contribution in [3.8, 4) is 6.07 Å². The maximum atomic E-state index is 10.4. The number of ether oxygens (including phenoxy) is 1. The van der Waals surface area contributed by atoms with E-state index in [9.17, 15) is 10.4 Å². The number of nitrogens with zero attached hydrogens (tertiary/aromatic N) is 1. The van der Waals surface area contributed by atoms with Crippen LogP contribution in [0.25, 0.3) is 0 Å². The molecule has 1 aliphatic carbocycles. The van der Waals surface area contributed by atoms with Crippen molar-refractivity contribution in [3.63, 3.8) is 0 Å². The van der Waals surface area contributed by atoms with E-state index in [4.69, 9.17) is 4.74 Å². The molecule has 0 aliphatic heterocycles. The van der Waals surface area contributed by atoms with Crippen LogP contribution in [0.4, 0.5) is 0 Å². The summed E-state index contributed by atoms with van der Waals surface area (Å²) in [5.74, 6) is 0.0147. The lowest BCUT2D eigenvalue weighted by molar-refractivity contribution is -0.0401. The Hall–Kier alpha value is -0.590. The van der Waals surface area contributed by atoms with Crippen molar-refractivity contribution in [2.75, 3.05) is 13.7 Å². The quantitative estimate of drug-likeness (QED) is 0.820. The fraction of sp³-hybridized carbons (Fsp3) is 0.929. The first-order chi connectivity index (χ1) is 7.87. The second-order valence-corrected chi connectivity index (χ2v) is 6.31. The van der Waals surface area contributed by atoms with E-state index in [1.807, 2.05) is 6.92 Å². The van der Waals surface area contributed by atoms with Gasteiger partial charge in [-0.15, -0.1) is 0 Å². The van der Waals surface area contributed by atoms with Crippen LogP contribution in [0.2, 0.25) is 0 Å². The molecule has 2 atom stereocenters. The average Bonchev–Trinajstić information content (AvgIpc) is 2.29. The van der Waals surface area contributed by atoms with E-state index in [0.29, 0.717) is 12.0 Å². The van der Waals surface area contributed by atoms with Crippen molar-refractivity contribution in [1.29, 1.82) is 5.26 Å². The molecule has 0 spiro atoms. The number of methoxy groups -OCH3 is 1. The van der Waals surface area contributed by atoms with Crippen LogP contribution >= 0.6 is 0 Å². The van der Waals surface area contributed by atoms with Crippen molar-refractivity contribution in [1.82, 2.24) is 0 Å². The maximum Gasteiger partial charge on any atom is 0.0836 e. The van der Waals surface area contributed by atoms with Crippen molar-refractivity contribution in [2.24, 2.45) is 16.7 Å². The Morgan fingerprint density at radius 1 is 1.29 bits per heavy atom. The monoisotopic (exact) mass is 239 g/mol. The zero-order valence-corrected chi connectivity index (χ0v) is 11.5. The lowest BCUT2D eigenvalue weighted by Crippen LogP contribution is -2.44. The standard InChI is InChI=1S/C14H25NO2/c1-11(9-17-4)12(16)14(10-15)7-5-13(2,3)6-8-14/h11-12,16H,5-9H2,1-4H3. The number of nitriles is 1. The van der Waals surface area contributed by atoms with E-state index in [1.54, 1.807) is 7.11 Å². The molecule has 3 nitrogen and oxygen atoms in total. The number of aliphatic hydroxyl groups excluding tert-OH is 1. The molecule has 1 N–H and O–H groups in total. The Balaban J connectivity index is 2.74. The minimum Gasteiger partial charge on any atom is -0.391 e. The molecule has 2 unspecified atom stereocenters. The normalized spacial score (nSPS) is 25.9. The van der Waals surface area contributed by atoms with Gasteiger partial charge in [-0.3, -0.25) is 0 Å². The first-order valence-electron chi connectivity index (χ1n) is 6.45. The second-order valence-electron chi connectivity index (χ2n) is 6.31. The summed E-state index contributed by atoms with van der Waals surface area (Å²) in [5.41, 5.74) is -0.252. The van der Waals surface area contributed by atoms with Crippen LogP contribution in [-0.2, 0) is 4.74 Å². The van der Waals surface area contributed by atoms with Crippen molar-refractivity contribution >= 4 is 0 Å². The predicted molar refractivity (Wildman–Crippen MR) is 67.3 cm³/mol. The summed E-state index contributed by atoms with van der Waals surface area (Å²) in [6.45, 7) is 6.93. The highest BCUT2D eigenvalue weighted by Gasteiger charge is 2.45. The molecule has 3 heteroatoms. The molecule has 0 heterocycles. The summed E-state index contributed by atoms with van der Waals surface area (Å²) < 4.78 is 5.08. The molecule has 0 radical (unpaired) electrons. The van der Waals surface area contributed by atoms with Gasteiger partial charge in [-0.2, -0.15) is 5.26 Å². The molecular weight excluding hydrogens is 214 g/mol. The minimum atomic E-state index is -0.580. The number of hydrogen-bond acceptors (Lipinski definition) is 3. The van der Waals surface area contributed by atoms with Crippen molar-refractivity contribution in [3.05, 3.63) is 0 Å². The lowest BCUT2D eigenvalue weighted by atomic mass is 9.62. The van der Waals surface area contributed by atoms with Gasteiger partial charge in [0, 0.05) is 13.0 Å². The highest BCUT2D eigenvalue weighted by molar-refractivity contribution is 5.08. The molecule has 17 heavy (non-hydrogen) atoms. The summed E-state index contributed by atoms with van der Waals surface area (Å²) >= 11 is 0. The molecule has 1 rings (SSSR count). The summed E-state index contributed by atoms with van der Waals surface area (Å²) in [7, 11) is 1.63. The van der Waals surface area contributed by atoms with E-state index in [-0.39, 0.29) is 5.92 Å². The summed E-state index contributed by atoms with van der Waals surface area (Å²) in [6, 6.07) is 2.39. The molecule has 0 bridgehead atoms. The van der Waals surface area contributed by atoms with E-state index >= 15 is 0 Å². The molecular formula is C14H25NO2. The van der Waals surface area contributed by atoms with Gasteiger partial charge >= 0.3 is 0 Å². The Kier molecular flexibility index (Phi) is 4.57. The van der Waals surface area contributed by atoms with E-state index in [2.05, 4.69) is 19.9 Å². The topological polar surface area (TPSA) is 53.2 Å². The first-order valence-corrected chi connectivity index (χ1v) is 6.45. The third-order valence-electron chi connectivity index (χ3n) is 4.25. The molecule has 0 aromatic carbocycles. The fourth-order valence-corrected chi connectivity index (χ4v) is 2.75. The van der Waals surface area contributed by atoms with Crippen LogP contribution in [-0.4, -0.2) is 24.9 Å². The average molecular weight is 239 g/mol. The molecule has 0 amide bonds. The molecule has 0 aromatic rings. The number of hydrogen-bond donors (Lipinski definition) is 1. The van der Waals surface area contributed by atoms with Crippen LogP contribution in [0, 0.1) is 28.1 Å². The molecule has 98 valence electrons. The van der Waals surface area contributed by atoms with Gasteiger partial charge in [-0.1, -0.05) is 20.8 Å². The summed E-state index contributed by atoms with van der Waals surface area (Å²) in [6.07, 6.45) is 3.04. The van der Waals surface area contributed by atoms with Gasteiger partial charge in [-0.05, 0) is 31.1 Å². The molecule has 0 aromatic heterocycles. The Labute approximate surface area is 105 Å². The van der Waals surface area contributed by atoms with Gasteiger partial charge in [0.25, 0.3) is 0 Å². The van der Waals surface area contributed by atoms with E-state index < -0.39 is 11.5 Å². The van der Waals surface area contributed by atoms with Crippen LogP contribution in [0.1, 0.15) is 46.5 Å². The predicted octanol–water partition coefficient (Wildman–Crippen LogP) is 2.74. The first kappa shape index (κ1) is 14.5. The molecule has 1 aliphatic rings. The SMILES string of the molecule is COCC(C)C(O)C1(C#N)CCC(C)(C)CC1. The van der Waals surface area contributed by atoms with Crippen LogP contribution in [0.3, 0.4) is 0 Å². The molecule has 1 saturated carbocycles. The minimum absolute atomic E-state index is 0.0147. The highest BCUT2D eigenvalue weighted by atomic mass is 16.5. The molecule has 0 saturated heterocycles. The zero-order valence-electron chi connectivity index (χ0n) is 11.5. The van der Waals surface area contributed by atoms with Gasteiger partial charge in [0.2, 0.25) is 0 Å². The third kappa shape index (κ3) is 3.20.